The number of hydrogen-bond acceptors (Lipinski definition) is 6. The molecule has 0 N–H and O–H groups in total. The summed E-state index contributed by atoms with van der Waals surface area (Å²) >= 11 is 0. The predicted octanol–water partition coefficient (Wildman–Crippen LogP) is 3.16. The Morgan fingerprint density at radius 2 is 1.84 bits per heavy atom. The van der Waals surface area contributed by atoms with E-state index in [1.54, 1.807) is 14.2 Å². The molecule has 8 nitrogen and oxygen atoms in total. The largest absolute Gasteiger partial charge is 0.493 e. The molecule has 0 bridgehead atoms. The zero-order chi connectivity index (χ0) is 22.4. The molecule has 3 rings (SSSR count). The summed E-state index contributed by atoms with van der Waals surface area (Å²) in [6.07, 6.45) is 7.20. The summed E-state index contributed by atoms with van der Waals surface area (Å²) < 4.78 is 10.9. The smallest absolute Gasteiger partial charge is 0.335 e. The molecule has 1 heterocycles. The number of urea groups is 1. The van der Waals surface area contributed by atoms with Crippen molar-refractivity contribution in [1.82, 2.24) is 14.7 Å². The van der Waals surface area contributed by atoms with Gasteiger partial charge in [-0.3, -0.25) is 19.4 Å². The average Bonchev–Trinajstić information content (AvgIpc) is 2.97. The van der Waals surface area contributed by atoms with E-state index < -0.39 is 17.8 Å². The third-order valence-electron chi connectivity index (χ3n) is 5.54. The second-order valence-corrected chi connectivity index (χ2v) is 7.90. The molecule has 1 saturated heterocycles. The van der Waals surface area contributed by atoms with Gasteiger partial charge in [0.2, 0.25) is 0 Å². The first-order chi connectivity index (χ1) is 14.9. The van der Waals surface area contributed by atoms with Gasteiger partial charge < -0.3 is 9.47 Å². The Bertz CT molecular complexity index is 867. The fourth-order valence-electron chi connectivity index (χ4n) is 3.95. The Labute approximate surface area is 183 Å². The highest BCUT2D eigenvalue weighted by Crippen LogP contribution is 2.28. The van der Waals surface area contributed by atoms with E-state index in [0.29, 0.717) is 31.1 Å². The molecule has 4 amide bonds. The summed E-state index contributed by atoms with van der Waals surface area (Å²) in [5, 5.41) is 0. The van der Waals surface area contributed by atoms with Crippen LogP contribution in [-0.4, -0.2) is 66.5 Å². The van der Waals surface area contributed by atoms with Crippen LogP contribution < -0.4 is 9.47 Å². The lowest BCUT2D eigenvalue weighted by molar-refractivity contribution is -0.143. The first-order valence-corrected chi connectivity index (χ1v) is 10.8. The minimum absolute atomic E-state index is 0.0398. The normalized spacial score (nSPS) is 16.9. The first-order valence-electron chi connectivity index (χ1n) is 10.8. The van der Waals surface area contributed by atoms with E-state index in [1.807, 2.05) is 30.0 Å². The fraction of sp³-hybridized carbons (Fsp3) is 0.522. The molecule has 0 spiro atoms. The maximum absolute atomic E-state index is 12.7. The van der Waals surface area contributed by atoms with Crippen LogP contribution in [0.2, 0.25) is 0 Å². The summed E-state index contributed by atoms with van der Waals surface area (Å²) in [6.45, 7) is 3.21. The number of benzene rings is 1. The molecule has 0 radical (unpaired) electrons. The molecule has 8 heteroatoms. The number of carbonyl (C=O) groups excluding carboxylic acids is 3. The van der Waals surface area contributed by atoms with Crippen molar-refractivity contribution in [3.8, 4) is 11.5 Å². The standard InChI is InChI=1S/C23H31N3O5/c1-4-31-19-11-10-18(14-20(19)30-3)15-24(2)16-26-22(28)21(27)25(23(26)29)13-12-17-8-6-5-7-9-17/h8,10-11,14H,4-7,9,12-13,15-16H2,1-3H3. The predicted molar refractivity (Wildman–Crippen MR) is 116 cm³/mol. The molecule has 2 aliphatic rings. The summed E-state index contributed by atoms with van der Waals surface area (Å²) in [5.74, 6) is -0.216. The van der Waals surface area contributed by atoms with Crippen molar-refractivity contribution in [2.75, 3.05) is 34.0 Å². The van der Waals surface area contributed by atoms with Gasteiger partial charge in [-0.2, -0.15) is 0 Å². The van der Waals surface area contributed by atoms with Gasteiger partial charge in [0.1, 0.15) is 0 Å². The number of hydrogen-bond donors (Lipinski definition) is 0. The summed E-state index contributed by atoms with van der Waals surface area (Å²) in [5.41, 5.74) is 2.20. The summed E-state index contributed by atoms with van der Waals surface area (Å²) in [4.78, 5) is 41.4. The molecule has 0 atom stereocenters. The fourth-order valence-corrected chi connectivity index (χ4v) is 3.95. The first kappa shape index (κ1) is 22.8. The highest BCUT2D eigenvalue weighted by molar-refractivity contribution is 6.44. The van der Waals surface area contributed by atoms with Crippen LogP contribution in [0.5, 0.6) is 11.5 Å². The Kier molecular flexibility index (Phi) is 7.68. The van der Waals surface area contributed by atoms with Crippen LogP contribution in [-0.2, 0) is 16.1 Å². The third-order valence-corrected chi connectivity index (χ3v) is 5.54. The van der Waals surface area contributed by atoms with Gasteiger partial charge in [0.15, 0.2) is 11.5 Å². The maximum Gasteiger partial charge on any atom is 0.335 e. The molecule has 1 aromatic rings. The molecule has 1 aliphatic carbocycles. The van der Waals surface area contributed by atoms with Gasteiger partial charge in [-0.1, -0.05) is 17.7 Å². The third kappa shape index (κ3) is 5.44. The number of amides is 4. The molecule has 168 valence electrons. The lowest BCUT2D eigenvalue weighted by Crippen LogP contribution is -2.40. The summed E-state index contributed by atoms with van der Waals surface area (Å²) in [7, 11) is 3.37. The minimum Gasteiger partial charge on any atom is -0.493 e. The molecule has 0 unspecified atom stereocenters. The van der Waals surface area contributed by atoms with E-state index in [1.165, 1.54) is 12.0 Å². The van der Waals surface area contributed by atoms with Crippen molar-refractivity contribution in [3.63, 3.8) is 0 Å². The van der Waals surface area contributed by atoms with Crippen LogP contribution in [0, 0.1) is 0 Å². The number of imide groups is 2. The molecule has 1 fully saturated rings. The van der Waals surface area contributed by atoms with Crippen molar-refractivity contribution in [2.24, 2.45) is 0 Å². The Balaban J connectivity index is 1.59. The van der Waals surface area contributed by atoms with Crippen LogP contribution in [0.4, 0.5) is 4.79 Å². The van der Waals surface area contributed by atoms with Crippen LogP contribution in [0.1, 0.15) is 44.6 Å². The van der Waals surface area contributed by atoms with E-state index in [4.69, 9.17) is 9.47 Å². The number of rotatable bonds is 10. The van der Waals surface area contributed by atoms with Gasteiger partial charge in [0, 0.05) is 13.1 Å². The van der Waals surface area contributed by atoms with Crippen molar-refractivity contribution >= 4 is 17.8 Å². The van der Waals surface area contributed by atoms with Gasteiger partial charge in [0.05, 0.1) is 20.4 Å². The maximum atomic E-state index is 12.7. The number of carbonyl (C=O) groups is 3. The second-order valence-electron chi connectivity index (χ2n) is 7.90. The van der Waals surface area contributed by atoms with Crippen LogP contribution >= 0.6 is 0 Å². The highest BCUT2D eigenvalue weighted by Gasteiger charge is 2.44. The van der Waals surface area contributed by atoms with Crippen LogP contribution in [0.15, 0.2) is 29.8 Å². The molecule has 1 aliphatic heterocycles. The van der Waals surface area contributed by atoms with Gasteiger partial charge in [-0.05, 0) is 63.8 Å². The van der Waals surface area contributed by atoms with Crippen molar-refractivity contribution < 1.29 is 23.9 Å². The topological polar surface area (TPSA) is 79.4 Å². The lowest BCUT2D eigenvalue weighted by Gasteiger charge is -2.23. The SMILES string of the molecule is CCOc1ccc(CN(C)CN2C(=O)C(=O)N(CCC3=CCCCC3)C2=O)cc1OC. The lowest BCUT2D eigenvalue weighted by atomic mass is 9.97. The second kappa shape index (κ2) is 10.4. The van der Waals surface area contributed by atoms with Crippen molar-refractivity contribution in [2.45, 2.75) is 45.6 Å². The van der Waals surface area contributed by atoms with E-state index in [9.17, 15) is 14.4 Å². The average molecular weight is 430 g/mol. The highest BCUT2D eigenvalue weighted by atomic mass is 16.5. The van der Waals surface area contributed by atoms with E-state index in [2.05, 4.69) is 6.08 Å². The molecular formula is C23H31N3O5. The van der Waals surface area contributed by atoms with E-state index >= 15 is 0 Å². The Morgan fingerprint density at radius 3 is 2.52 bits per heavy atom. The van der Waals surface area contributed by atoms with Gasteiger partial charge in [0.25, 0.3) is 0 Å². The zero-order valence-electron chi connectivity index (χ0n) is 18.6. The number of allylic oxidation sites excluding steroid dienone is 1. The van der Waals surface area contributed by atoms with E-state index in [-0.39, 0.29) is 13.2 Å². The molecule has 1 aromatic carbocycles. The van der Waals surface area contributed by atoms with Crippen molar-refractivity contribution in [3.05, 3.63) is 35.4 Å². The molecular weight excluding hydrogens is 398 g/mol. The molecule has 0 saturated carbocycles. The Morgan fingerprint density at radius 1 is 1.06 bits per heavy atom. The van der Waals surface area contributed by atoms with Gasteiger partial charge >= 0.3 is 17.8 Å². The van der Waals surface area contributed by atoms with Crippen LogP contribution in [0.3, 0.4) is 0 Å². The quantitative estimate of drug-likeness (QED) is 0.323. The van der Waals surface area contributed by atoms with Gasteiger partial charge in [-0.25, -0.2) is 9.69 Å². The molecule has 31 heavy (non-hydrogen) atoms. The summed E-state index contributed by atoms with van der Waals surface area (Å²) in [6, 6.07) is 5.07. The number of methoxy groups -OCH3 is 1. The van der Waals surface area contributed by atoms with E-state index in [0.717, 1.165) is 34.6 Å². The minimum atomic E-state index is -0.765. The van der Waals surface area contributed by atoms with Gasteiger partial charge in [-0.15, -0.1) is 0 Å². The zero-order valence-corrected chi connectivity index (χ0v) is 18.6. The number of nitrogens with zero attached hydrogens (tertiary/aromatic N) is 3. The Hall–Kier alpha value is -2.87. The number of ether oxygens (including phenoxy) is 2. The monoisotopic (exact) mass is 429 g/mol. The van der Waals surface area contributed by atoms with Crippen molar-refractivity contribution in [1.29, 1.82) is 0 Å². The molecule has 0 aromatic heterocycles. The van der Waals surface area contributed by atoms with Crippen LogP contribution in [0.25, 0.3) is 0 Å².